The van der Waals surface area contributed by atoms with Gasteiger partial charge in [0.25, 0.3) is 0 Å². The zero-order chi connectivity index (χ0) is 25.8. The zero-order valence-electron chi connectivity index (χ0n) is 18.3. The molecule has 1 unspecified atom stereocenters. The van der Waals surface area contributed by atoms with Crippen LogP contribution in [0.1, 0.15) is 27.9 Å². The number of ether oxygens (including phenoxy) is 1. The fraction of sp³-hybridized carbons (Fsp3) is 0.115. The van der Waals surface area contributed by atoms with Crippen molar-refractivity contribution in [2.24, 2.45) is 0 Å². The van der Waals surface area contributed by atoms with E-state index in [1.807, 2.05) is 0 Å². The van der Waals surface area contributed by atoms with Crippen LogP contribution >= 0.6 is 0 Å². The molecule has 4 rings (SSSR count). The second-order valence-electron chi connectivity index (χ2n) is 7.50. The van der Waals surface area contributed by atoms with Crippen LogP contribution in [0.4, 0.5) is 22.0 Å². The molecule has 4 aromatic rings. The highest BCUT2D eigenvalue weighted by atomic mass is 19.3. The molecule has 0 saturated carbocycles. The summed E-state index contributed by atoms with van der Waals surface area (Å²) in [7, 11) is 0. The second-order valence-corrected chi connectivity index (χ2v) is 7.50. The molecule has 0 aliphatic rings. The fourth-order valence-electron chi connectivity index (χ4n) is 3.46. The van der Waals surface area contributed by atoms with Crippen molar-refractivity contribution in [2.45, 2.75) is 11.5 Å². The minimum atomic E-state index is -4.20. The van der Waals surface area contributed by atoms with Crippen LogP contribution < -0.4 is 4.74 Å². The molecular weight excluding hydrogens is 481 g/mol. The Morgan fingerprint density at radius 3 is 2.14 bits per heavy atom. The third-order valence-electron chi connectivity index (χ3n) is 5.27. The third kappa shape index (κ3) is 4.74. The van der Waals surface area contributed by atoms with Crippen molar-refractivity contribution < 1.29 is 31.8 Å². The molecule has 0 radical (unpaired) electrons. The van der Waals surface area contributed by atoms with E-state index in [1.54, 1.807) is 12.1 Å². The maximum Gasteiger partial charge on any atom is 0.326 e. The zero-order valence-corrected chi connectivity index (χ0v) is 18.3. The van der Waals surface area contributed by atoms with Gasteiger partial charge in [0.1, 0.15) is 29.4 Å². The molecule has 36 heavy (non-hydrogen) atoms. The topological polar surface area (TPSA) is 68.1 Å². The quantitative estimate of drug-likeness (QED) is 0.304. The van der Waals surface area contributed by atoms with E-state index in [-0.39, 0.29) is 5.56 Å². The van der Waals surface area contributed by atoms with Gasteiger partial charge in [-0.15, -0.1) is 0 Å². The molecule has 1 atom stereocenters. The number of pyridine rings is 1. The highest BCUT2D eigenvalue weighted by Gasteiger charge is 2.58. The molecule has 0 bridgehead atoms. The first kappa shape index (κ1) is 24.8. The molecule has 0 aliphatic carbocycles. The van der Waals surface area contributed by atoms with Gasteiger partial charge in [0, 0.05) is 46.9 Å². The van der Waals surface area contributed by atoms with Gasteiger partial charge in [0.15, 0.2) is 5.60 Å². The summed E-state index contributed by atoms with van der Waals surface area (Å²) < 4.78 is 76.7. The predicted molar refractivity (Wildman–Crippen MR) is 119 cm³/mol. The lowest BCUT2D eigenvalue weighted by Gasteiger charge is -2.36. The summed E-state index contributed by atoms with van der Waals surface area (Å²) in [5.41, 5.74) is -4.77. The normalized spacial score (nSPS) is 12.8. The molecule has 0 aliphatic heterocycles. The first-order chi connectivity index (χ1) is 17.3. The second kappa shape index (κ2) is 10.1. The van der Waals surface area contributed by atoms with Crippen molar-refractivity contribution in [1.82, 2.24) is 15.0 Å². The van der Waals surface area contributed by atoms with Crippen LogP contribution in [0.15, 0.2) is 79.5 Å². The summed E-state index contributed by atoms with van der Waals surface area (Å²) in [6.45, 7) is -0.964. The molecule has 2 aromatic heterocycles. The van der Waals surface area contributed by atoms with E-state index in [2.05, 4.69) is 26.8 Å². The summed E-state index contributed by atoms with van der Waals surface area (Å²) in [5.74, 6) is -0.704. The Balaban J connectivity index is 1.70. The molecule has 1 N–H and O–H groups in total. The van der Waals surface area contributed by atoms with Crippen molar-refractivity contribution in [2.75, 3.05) is 6.86 Å². The molecule has 182 valence electrons. The van der Waals surface area contributed by atoms with Gasteiger partial charge in [-0.05, 0) is 48.5 Å². The number of halogens is 5. The SMILES string of the molecule is OC(c1cncnc1)(c1ccc(F)cc1F)C(F)(F)c1ccc(C#Cc2ccc(OCF)cc2)cn1. The summed E-state index contributed by atoms with van der Waals surface area (Å²) in [6, 6.07) is 10.3. The van der Waals surface area contributed by atoms with Gasteiger partial charge in [-0.3, -0.25) is 4.98 Å². The summed E-state index contributed by atoms with van der Waals surface area (Å²) in [4.78, 5) is 11.0. The number of rotatable bonds is 6. The Kier molecular flexibility index (Phi) is 6.94. The number of nitrogens with zero attached hydrogens (tertiary/aromatic N) is 3. The van der Waals surface area contributed by atoms with E-state index in [0.717, 1.165) is 43.1 Å². The van der Waals surface area contributed by atoms with Gasteiger partial charge in [0.2, 0.25) is 6.86 Å². The average Bonchev–Trinajstić information content (AvgIpc) is 2.89. The van der Waals surface area contributed by atoms with E-state index in [1.165, 1.54) is 18.2 Å². The molecule has 0 spiro atoms. The molecule has 0 fully saturated rings. The molecule has 0 saturated heterocycles. The van der Waals surface area contributed by atoms with Gasteiger partial charge in [-0.2, -0.15) is 8.78 Å². The highest BCUT2D eigenvalue weighted by molar-refractivity contribution is 5.45. The van der Waals surface area contributed by atoms with E-state index in [0.29, 0.717) is 17.4 Å². The van der Waals surface area contributed by atoms with Gasteiger partial charge in [-0.1, -0.05) is 11.8 Å². The van der Waals surface area contributed by atoms with E-state index < -0.39 is 46.8 Å². The van der Waals surface area contributed by atoms with E-state index in [9.17, 15) is 18.3 Å². The van der Waals surface area contributed by atoms with Crippen molar-refractivity contribution in [3.05, 3.63) is 119 Å². The Labute approximate surface area is 202 Å². The van der Waals surface area contributed by atoms with Crippen LogP contribution in [-0.2, 0) is 11.5 Å². The smallest absolute Gasteiger partial charge is 0.326 e. The minimum absolute atomic E-state index is 0.276. The minimum Gasteiger partial charge on any atom is -0.463 e. The Bertz CT molecular complexity index is 1410. The van der Waals surface area contributed by atoms with Crippen LogP contribution in [0.25, 0.3) is 0 Å². The Hall–Kier alpha value is -4.36. The molecule has 2 heterocycles. The fourth-order valence-corrected chi connectivity index (χ4v) is 3.46. The van der Waals surface area contributed by atoms with Gasteiger partial charge in [0.05, 0.1) is 0 Å². The van der Waals surface area contributed by atoms with E-state index >= 15 is 8.78 Å². The largest absolute Gasteiger partial charge is 0.463 e. The first-order valence-corrected chi connectivity index (χ1v) is 10.3. The summed E-state index contributed by atoms with van der Waals surface area (Å²) in [5, 5.41) is 11.3. The first-order valence-electron chi connectivity index (χ1n) is 10.3. The van der Waals surface area contributed by atoms with Crippen LogP contribution in [0.2, 0.25) is 0 Å². The number of benzene rings is 2. The van der Waals surface area contributed by atoms with Gasteiger partial charge in [-0.25, -0.2) is 23.1 Å². The maximum atomic E-state index is 15.8. The number of alkyl halides is 3. The molecule has 2 aromatic carbocycles. The van der Waals surface area contributed by atoms with Crippen LogP contribution in [0, 0.1) is 23.5 Å². The van der Waals surface area contributed by atoms with Gasteiger partial charge < -0.3 is 9.84 Å². The van der Waals surface area contributed by atoms with Crippen LogP contribution in [0.3, 0.4) is 0 Å². The summed E-state index contributed by atoms with van der Waals surface area (Å²) >= 11 is 0. The van der Waals surface area contributed by atoms with Gasteiger partial charge >= 0.3 is 5.92 Å². The Morgan fingerprint density at radius 1 is 0.861 bits per heavy atom. The third-order valence-corrected chi connectivity index (χ3v) is 5.27. The number of hydrogen-bond donors (Lipinski definition) is 1. The Morgan fingerprint density at radius 2 is 1.53 bits per heavy atom. The lowest BCUT2D eigenvalue weighted by Crippen LogP contribution is -2.45. The average molecular weight is 497 g/mol. The maximum absolute atomic E-state index is 15.8. The molecular formula is C26H16F5N3O2. The molecule has 5 nitrogen and oxygen atoms in total. The standard InChI is InChI=1S/C26H16F5N3O2/c27-15-36-21-7-3-17(4-8-21)1-2-18-5-10-24(34-12-18)26(30,31)25(35,19-13-32-16-33-14-19)22-9-6-20(28)11-23(22)29/h3-14,16,35H,15H2. The van der Waals surface area contributed by atoms with Crippen LogP contribution in [0.5, 0.6) is 5.75 Å². The molecule has 0 amide bonds. The monoisotopic (exact) mass is 497 g/mol. The van der Waals surface area contributed by atoms with Crippen molar-refractivity contribution in [3.8, 4) is 17.6 Å². The van der Waals surface area contributed by atoms with Crippen molar-refractivity contribution in [3.63, 3.8) is 0 Å². The lowest BCUT2D eigenvalue weighted by molar-refractivity contribution is -0.175. The number of aromatic nitrogens is 3. The number of hydrogen-bond acceptors (Lipinski definition) is 5. The predicted octanol–water partition coefficient (Wildman–Crippen LogP) is 4.88. The summed E-state index contributed by atoms with van der Waals surface area (Å²) in [6.07, 6.45) is 3.94. The molecule has 10 heteroatoms. The van der Waals surface area contributed by atoms with E-state index in [4.69, 9.17) is 4.74 Å². The highest BCUT2D eigenvalue weighted by Crippen LogP contribution is 2.49. The number of aliphatic hydroxyl groups is 1. The lowest BCUT2D eigenvalue weighted by atomic mass is 9.80. The van der Waals surface area contributed by atoms with Crippen LogP contribution in [-0.4, -0.2) is 26.9 Å². The van der Waals surface area contributed by atoms with Crippen molar-refractivity contribution in [1.29, 1.82) is 0 Å². The van der Waals surface area contributed by atoms with Crippen molar-refractivity contribution >= 4 is 0 Å².